The fourth-order valence-corrected chi connectivity index (χ4v) is 2.26. The van der Waals surface area contributed by atoms with Gasteiger partial charge in [0.05, 0.1) is 18.0 Å². The average Bonchev–Trinajstić information content (AvgIpc) is 3.16. The van der Waals surface area contributed by atoms with E-state index in [1.165, 1.54) is 4.68 Å². The van der Waals surface area contributed by atoms with Gasteiger partial charge in [-0.3, -0.25) is 0 Å². The van der Waals surface area contributed by atoms with Gasteiger partial charge in [-0.15, -0.1) is 5.10 Å². The molecule has 0 amide bonds. The van der Waals surface area contributed by atoms with Crippen LogP contribution in [0.3, 0.4) is 0 Å². The maximum Gasteiger partial charge on any atom is 0.258 e. The smallest absolute Gasteiger partial charge is 0.258 e. The van der Waals surface area contributed by atoms with E-state index in [0.717, 1.165) is 22.5 Å². The van der Waals surface area contributed by atoms with E-state index in [9.17, 15) is 0 Å². The predicted molar refractivity (Wildman–Crippen MR) is 85.2 cm³/mol. The van der Waals surface area contributed by atoms with Crippen molar-refractivity contribution in [2.45, 2.75) is 40.9 Å². The zero-order valence-electron chi connectivity index (χ0n) is 14.8. The Morgan fingerprint density at radius 2 is 1.84 bits per heavy atom. The molecule has 0 spiro atoms. The number of hydrogen-bond acceptors (Lipinski definition) is 9. The van der Waals surface area contributed by atoms with E-state index in [0.29, 0.717) is 30.0 Å². The molecule has 0 saturated carbocycles. The van der Waals surface area contributed by atoms with Crippen LogP contribution in [0.25, 0.3) is 5.88 Å². The fourth-order valence-electron chi connectivity index (χ4n) is 2.26. The van der Waals surface area contributed by atoms with Crippen molar-refractivity contribution in [3.8, 4) is 11.8 Å². The standard InChI is InChI=1S/C15H19N7O3/c1-8-10(3)19-25-15(8)22-13(18-20-21-22)7-24-14-9(2)12(6-23-5)16-11(4)17-14/h6-7H2,1-5H3. The summed E-state index contributed by atoms with van der Waals surface area (Å²) >= 11 is 0. The molecule has 0 aliphatic heterocycles. The third-order valence-electron chi connectivity index (χ3n) is 3.79. The molecule has 0 aliphatic rings. The minimum atomic E-state index is 0.121. The highest BCUT2D eigenvalue weighted by Gasteiger charge is 2.18. The van der Waals surface area contributed by atoms with Crippen LogP contribution in [0, 0.1) is 27.7 Å². The van der Waals surface area contributed by atoms with Crippen LogP contribution in [0.2, 0.25) is 0 Å². The maximum absolute atomic E-state index is 5.83. The summed E-state index contributed by atoms with van der Waals surface area (Å²) < 4.78 is 17.8. The van der Waals surface area contributed by atoms with Gasteiger partial charge in [-0.1, -0.05) is 5.16 Å². The summed E-state index contributed by atoms with van der Waals surface area (Å²) in [5.41, 5.74) is 3.25. The van der Waals surface area contributed by atoms with E-state index in [1.807, 2.05) is 20.8 Å². The van der Waals surface area contributed by atoms with E-state index >= 15 is 0 Å². The molecule has 0 N–H and O–H groups in total. The molecule has 0 radical (unpaired) electrons. The number of methoxy groups -OCH3 is 1. The first-order valence-electron chi connectivity index (χ1n) is 7.67. The third-order valence-corrected chi connectivity index (χ3v) is 3.79. The second kappa shape index (κ2) is 6.93. The Hall–Kier alpha value is -2.88. The number of tetrazole rings is 1. The number of ether oxygens (including phenoxy) is 2. The molecule has 0 atom stereocenters. The molecule has 0 fully saturated rings. The lowest BCUT2D eigenvalue weighted by atomic mass is 10.2. The molecule has 3 rings (SSSR count). The SMILES string of the molecule is COCc1nc(C)nc(OCc2nnnn2-c2onc(C)c2C)c1C. The molecular formula is C15H19N7O3. The van der Waals surface area contributed by atoms with E-state index in [1.54, 1.807) is 14.0 Å². The Labute approximate surface area is 144 Å². The summed E-state index contributed by atoms with van der Waals surface area (Å²) in [6, 6.07) is 0. The molecule has 0 bridgehead atoms. The summed E-state index contributed by atoms with van der Waals surface area (Å²) in [7, 11) is 1.62. The molecule has 10 nitrogen and oxygen atoms in total. The van der Waals surface area contributed by atoms with Crippen LogP contribution < -0.4 is 4.74 Å². The Bertz CT molecular complexity index is 887. The van der Waals surface area contributed by atoms with Crippen LogP contribution in [0.5, 0.6) is 5.88 Å². The first-order valence-corrected chi connectivity index (χ1v) is 7.67. The molecule has 10 heteroatoms. The van der Waals surface area contributed by atoms with Gasteiger partial charge in [-0.25, -0.2) is 4.98 Å². The summed E-state index contributed by atoms with van der Waals surface area (Å²) in [4.78, 5) is 8.70. The molecule has 0 aromatic carbocycles. The second-order valence-corrected chi connectivity index (χ2v) is 5.57. The number of rotatable bonds is 6. The topological polar surface area (TPSA) is 114 Å². The van der Waals surface area contributed by atoms with Crippen LogP contribution >= 0.6 is 0 Å². The maximum atomic E-state index is 5.83. The summed E-state index contributed by atoms with van der Waals surface area (Å²) in [5.74, 6) is 2.02. The monoisotopic (exact) mass is 345 g/mol. The van der Waals surface area contributed by atoms with E-state index in [-0.39, 0.29) is 6.61 Å². The number of aryl methyl sites for hydroxylation is 2. The summed E-state index contributed by atoms with van der Waals surface area (Å²) in [6.45, 7) is 7.94. The number of nitrogens with zero attached hydrogens (tertiary/aromatic N) is 7. The van der Waals surface area contributed by atoms with Gasteiger partial charge in [-0.05, 0) is 38.1 Å². The number of aromatic nitrogens is 7. The van der Waals surface area contributed by atoms with Gasteiger partial charge in [0.15, 0.2) is 12.4 Å². The van der Waals surface area contributed by atoms with Gasteiger partial charge in [-0.2, -0.15) is 9.67 Å². The third kappa shape index (κ3) is 3.33. The Morgan fingerprint density at radius 1 is 1.04 bits per heavy atom. The van der Waals surface area contributed by atoms with E-state index in [4.69, 9.17) is 14.0 Å². The van der Waals surface area contributed by atoms with Crippen molar-refractivity contribution in [2.75, 3.05) is 7.11 Å². The molecule has 3 aromatic rings. The molecule has 132 valence electrons. The largest absolute Gasteiger partial charge is 0.469 e. The molecular weight excluding hydrogens is 326 g/mol. The van der Waals surface area contributed by atoms with Crippen molar-refractivity contribution >= 4 is 0 Å². The molecule has 3 aromatic heterocycles. The summed E-state index contributed by atoms with van der Waals surface area (Å²) in [5, 5.41) is 15.6. The quantitative estimate of drug-likeness (QED) is 0.653. The van der Waals surface area contributed by atoms with Gasteiger partial charge < -0.3 is 14.0 Å². The van der Waals surface area contributed by atoms with Crippen molar-refractivity contribution in [3.05, 3.63) is 34.2 Å². The molecule has 0 saturated heterocycles. The minimum absolute atomic E-state index is 0.121. The predicted octanol–water partition coefficient (Wildman–Crippen LogP) is 1.40. The number of hydrogen-bond donors (Lipinski definition) is 0. The van der Waals surface area contributed by atoms with Crippen LogP contribution in [-0.4, -0.2) is 42.4 Å². The van der Waals surface area contributed by atoms with E-state index in [2.05, 4.69) is 30.7 Å². The normalized spacial score (nSPS) is 11.1. The van der Waals surface area contributed by atoms with Crippen LogP contribution in [0.1, 0.15) is 34.2 Å². The molecule has 25 heavy (non-hydrogen) atoms. The lowest BCUT2D eigenvalue weighted by molar-refractivity contribution is 0.179. The van der Waals surface area contributed by atoms with Crippen molar-refractivity contribution in [2.24, 2.45) is 0 Å². The van der Waals surface area contributed by atoms with Gasteiger partial charge in [0, 0.05) is 18.2 Å². The summed E-state index contributed by atoms with van der Waals surface area (Å²) in [6.07, 6.45) is 0. The lowest BCUT2D eigenvalue weighted by Gasteiger charge is -2.11. The van der Waals surface area contributed by atoms with Gasteiger partial charge >= 0.3 is 0 Å². The second-order valence-electron chi connectivity index (χ2n) is 5.57. The van der Waals surface area contributed by atoms with Gasteiger partial charge in [0.2, 0.25) is 5.88 Å². The van der Waals surface area contributed by atoms with Crippen LogP contribution in [-0.2, 0) is 18.0 Å². The van der Waals surface area contributed by atoms with E-state index < -0.39 is 0 Å². The molecule has 0 aliphatic carbocycles. The lowest BCUT2D eigenvalue weighted by Crippen LogP contribution is -2.10. The zero-order valence-corrected chi connectivity index (χ0v) is 14.8. The fraction of sp³-hybridized carbons (Fsp3) is 0.467. The Morgan fingerprint density at radius 3 is 2.52 bits per heavy atom. The highest BCUT2D eigenvalue weighted by molar-refractivity contribution is 5.32. The van der Waals surface area contributed by atoms with Gasteiger partial charge in [0.1, 0.15) is 5.82 Å². The first-order chi connectivity index (χ1) is 12.0. The van der Waals surface area contributed by atoms with Crippen LogP contribution in [0.4, 0.5) is 0 Å². The zero-order chi connectivity index (χ0) is 18.0. The minimum Gasteiger partial charge on any atom is -0.469 e. The highest BCUT2D eigenvalue weighted by atomic mass is 16.5. The Kier molecular flexibility index (Phi) is 4.70. The molecule has 3 heterocycles. The van der Waals surface area contributed by atoms with Crippen molar-refractivity contribution < 1.29 is 14.0 Å². The van der Waals surface area contributed by atoms with Crippen LogP contribution in [0.15, 0.2) is 4.52 Å². The van der Waals surface area contributed by atoms with Crippen molar-refractivity contribution in [1.29, 1.82) is 0 Å². The average molecular weight is 345 g/mol. The van der Waals surface area contributed by atoms with Crippen molar-refractivity contribution in [1.82, 2.24) is 35.3 Å². The van der Waals surface area contributed by atoms with Crippen molar-refractivity contribution in [3.63, 3.8) is 0 Å². The Balaban J connectivity index is 1.84. The first kappa shape index (κ1) is 17.0. The molecule has 0 unspecified atom stereocenters. The van der Waals surface area contributed by atoms with Gasteiger partial charge in [0.25, 0.3) is 5.88 Å². The highest BCUT2D eigenvalue weighted by Crippen LogP contribution is 2.21.